The molecule has 0 amide bonds. The molecule has 1 aliphatic rings. The van der Waals surface area contributed by atoms with Crippen LogP contribution >= 0.6 is 0 Å². The number of rotatable bonds is 3. The van der Waals surface area contributed by atoms with Crippen LogP contribution in [0.25, 0.3) is 17.2 Å². The zero-order valence-corrected chi connectivity index (χ0v) is 14.0. The molecule has 3 aromatic rings. The van der Waals surface area contributed by atoms with Crippen molar-refractivity contribution in [1.82, 2.24) is 24.7 Å². The molecule has 6 heteroatoms. The van der Waals surface area contributed by atoms with Gasteiger partial charge in [0.25, 0.3) is 5.56 Å². The molecule has 0 spiro atoms. The van der Waals surface area contributed by atoms with Crippen molar-refractivity contribution in [1.29, 1.82) is 0 Å². The molecular formula is C18H19N5O. The number of pyridine rings is 1. The Labute approximate surface area is 139 Å². The number of H-pyrrole nitrogens is 1. The van der Waals surface area contributed by atoms with E-state index in [2.05, 4.69) is 20.1 Å². The zero-order valence-electron chi connectivity index (χ0n) is 14.0. The first-order valence-corrected chi connectivity index (χ1v) is 8.14. The second-order valence-corrected chi connectivity index (χ2v) is 6.43. The van der Waals surface area contributed by atoms with Crippen molar-refractivity contribution >= 4 is 0 Å². The fourth-order valence-corrected chi connectivity index (χ4v) is 3.11. The molecule has 0 bridgehead atoms. The van der Waals surface area contributed by atoms with Crippen molar-refractivity contribution in [3.8, 4) is 17.2 Å². The number of hydrogen-bond acceptors (Lipinski definition) is 4. The molecule has 1 aliphatic carbocycles. The van der Waals surface area contributed by atoms with Gasteiger partial charge in [-0.25, -0.2) is 9.67 Å². The molecule has 0 saturated heterocycles. The summed E-state index contributed by atoms with van der Waals surface area (Å²) in [6, 6.07) is 5.82. The molecule has 3 aromatic heterocycles. The fourth-order valence-electron chi connectivity index (χ4n) is 3.11. The first-order valence-electron chi connectivity index (χ1n) is 8.14. The summed E-state index contributed by atoms with van der Waals surface area (Å²) < 4.78 is 1.85. The maximum atomic E-state index is 12.3. The molecule has 0 aliphatic heterocycles. The summed E-state index contributed by atoms with van der Waals surface area (Å²) in [5.41, 5.74) is 5.16. The van der Waals surface area contributed by atoms with Gasteiger partial charge >= 0.3 is 0 Å². The standard InChI is InChI=1S/C18H19N5O/c1-10-8-11(2)23(22-10)14-6-7-15(19-9-14)17-20-12(3)16(13-4-5-13)18(24)21-17/h6-9,13H,4-5H2,1-3H3,(H,20,21,24). The van der Waals surface area contributed by atoms with Gasteiger partial charge in [0.15, 0.2) is 5.82 Å². The Morgan fingerprint density at radius 3 is 2.54 bits per heavy atom. The molecule has 0 aromatic carbocycles. The lowest BCUT2D eigenvalue weighted by molar-refractivity contribution is 0.828. The summed E-state index contributed by atoms with van der Waals surface area (Å²) >= 11 is 0. The molecule has 1 fully saturated rings. The minimum Gasteiger partial charge on any atom is -0.305 e. The average Bonchev–Trinajstić information content (AvgIpc) is 3.31. The van der Waals surface area contributed by atoms with Crippen molar-refractivity contribution in [3.05, 3.63) is 57.4 Å². The van der Waals surface area contributed by atoms with Gasteiger partial charge < -0.3 is 4.98 Å². The lowest BCUT2D eigenvalue weighted by atomic mass is 10.1. The van der Waals surface area contributed by atoms with E-state index >= 15 is 0 Å². The molecule has 1 N–H and O–H groups in total. The Kier molecular flexibility index (Phi) is 3.33. The summed E-state index contributed by atoms with van der Waals surface area (Å²) in [6.07, 6.45) is 3.92. The Morgan fingerprint density at radius 1 is 1.21 bits per heavy atom. The maximum Gasteiger partial charge on any atom is 0.254 e. The van der Waals surface area contributed by atoms with E-state index in [1.54, 1.807) is 6.20 Å². The zero-order chi connectivity index (χ0) is 16.8. The van der Waals surface area contributed by atoms with E-state index in [1.165, 1.54) is 0 Å². The van der Waals surface area contributed by atoms with E-state index in [1.807, 2.05) is 43.7 Å². The van der Waals surface area contributed by atoms with Gasteiger partial charge in [-0.2, -0.15) is 5.10 Å². The minimum absolute atomic E-state index is 0.0376. The van der Waals surface area contributed by atoms with E-state index in [-0.39, 0.29) is 5.56 Å². The van der Waals surface area contributed by atoms with Crippen LogP contribution in [0.3, 0.4) is 0 Å². The second-order valence-electron chi connectivity index (χ2n) is 6.43. The summed E-state index contributed by atoms with van der Waals surface area (Å²) in [6.45, 7) is 5.87. The van der Waals surface area contributed by atoms with Crippen LogP contribution < -0.4 is 5.56 Å². The van der Waals surface area contributed by atoms with E-state index in [4.69, 9.17) is 0 Å². The highest BCUT2D eigenvalue weighted by Crippen LogP contribution is 2.39. The van der Waals surface area contributed by atoms with Crippen molar-refractivity contribution in [3.63, 3.8) is 0 Å². The SMILES string of the molecule is Cc1cc(C)n(-c2ccc(-c3nc(C)c(C4CC4)c(=O)[nH]3)nc2)n1. The highest BCUT2D eigenvalue weighted by atomic mass is 16.1. The van der Waals surface area contributed by atoms with Gasteiger partial charge in [-0.1, -0.05) is 0 Å². The third-order valence-electron chi connectivity index (χ3n) is 4.38. The largest absolute Gasteiger partial charge is 0.305 e. The highest BCUT2D eigenvalue weighted by Gasteiger charge is 2.29. The number of aryl methyl sites for hydroxylation is 3. The highest BCUT2D eigenvalue weighted by molar-refractivity contribution is 5.51. The molecular weight excluding hydrogens is 302 g/mol. The number of nitrogens with one attached hydrogen (secondary N) is 1. The first-order chi connectivity index (χ1) is 11.5. The second kappa shape index (κ2) is 5.40. The number of aromatic amines is 1. The van der Waals surface area contributed by atoms with Gasteiger partial charge in [-0.15, -0.1) is 0 Å². The smallest absolute Gasteiger partial charge is 0.254 e. The molecule has 122 valence electrons. The van der Waals surface area contributed by atoms with E-state index < -0.39 is 0 Å². The Hall–Kier alpha value is -2.76. The van der Waals surface area contributed by atoms with Gasteiger partial charge in [-0.05, 0) is 57.7 Å². The van der Waals surface area contributed by atoms with Gasteiger partial charge in [0.05, 0.1) is 17.6 Å². The van der Waals surface area contributed by atoms with Crippen LogP contribution in [0.15, 0.2) is 29.2 Å². The van der Waals surface area contributed by atoms with Crippen molar-refractivity contribution in [2.45, 2.75) is 39.5 Å². The summed E-state index contributed by atoms with van der Waals surface area (Å²) in [5.74, 6) is 0.901. The Morgan fingerprint density at radius 2 is 2.00 bits per heavy atom. The van der Waals surface area contributed by atoms with Crippen molar-refractivity contribution in [2.24, 2.45) is 0 Å². The van der Waals surface area contributed by atoms with Crippen molar-refractivity contribution < 1.29 is 0 Å². The number of nitrogens with zero attached hydrogens (tertiary/aromatic N) is 4. The van der Waals surface area contributed by atoms with Crippen LogP contribution in [0.4, 0.5) is 0 Å². The third kappa shape index (κ3) is 2.54. The summed E-state index contributed by atoms with van der Waals surface area (Å²) in [4.78, 5) is 24.2. The lowest BCUT2D eigenvalue weighted by Gasteiger charge is -2.07. The molecule has 1 saturated carbocycles. The third-order valence-corrected chi connectivity index (χ3v) is 4.38. The molecule has 0 atom stereocenters. The van der Waals surface area contributed by atoms with Crippen LogP contribution in [0.5, 0.6) is 0 Å². The first kappa shape index (κ1) is 14.8. The van der Waals surface area contributed by atoms with Crippen LogP contribution in [0.2, 0.25) is 0 Å². The quantitative estimate of drug-likeness (QED) is 0.805. The number of hydrogen-bond donors (Lipinski definition) is 1. The maximum absolute atomic E-state index is 12.3. The van der Waals surface area contributed by atoms with E-state index in [0.29, 0.717) is 17.4 Å². The van der Waals surface area contributed by atoms with Crippen LogP contribution in [0, 0.1) is 20.8 Å². The van der Waals surface area contributed by atoms with Crippen LogP contribution in [0.1, 0.15) is 41.4 Å². The van der Waals surface area contributed by atoms with E-state index in [9.17, 15) is 4.79 Å². The number of aromatic nitrogens is 5. The molecule has 6 nitrogen and oxygen atoms in total. The van der Waals surface area contributed by atoms with Crippen LogP contribution in [-0.4, -0.2) is 24.7 Å². The predicted octanol–water partition coefficient (Wildman–Crippen LogP) is 2.82. The summed E-state index contributed by atoms with van der Waals surface area (Å²) in [5, 5.41) is 4.45. The van der Waals surface area contributed by atoms with Crippen molar-refractivity contribution in [2.75, 3.05) is 0 Å². The molecule has 0 radical (unpaired) electrons. The van der Waals surface area contributed by atoms with Gasteiger partial charge in [0.1, 0.15) is 5.69 Å². The van der Waals surface area contributed by atoms with Gasteiger partial charge in [0, 0.05) is 17.0 Å². The minimum atomic E-state index is -0.0376. The topological polar surface area (TPSA) is 76.5 Å². The average molecular weight is 321 g/mol. The molecule has 0 unspecified atom stereocenters. The fraction of sp³-hybridized carbons (Fsp3) is 0.333. The predicted molar refractivity (Wildman–Crippen MR) is 91.4 cm³/mol. The summed E-state index contributed by atoms with van der Waals surface area (Å²) in [7, 11) is 0. The Bertz CT molecular complexity index is 964. The van der Waals surface area contributed by atoms with Gasteiger partial charge in [-0.3, -0.25) is 9.78 Å². The molecule has 3 heterocycles. The van der Waals surface area contributed by atoms with Gasteiger partial charge in [0.2, 0.25) is 0 Å². The molecule has 4 rings (SSSR count). The van der Waals surface area contributed by atoms with E-state index in [0.717, 1.165) is 41.2 Å². The normalized spacial score (nSPS) is 14.1. The molecule has 24 heavy (non-hydrogen) atoms. The Balaban J connectivity index is 1.70. The monoisotopic (exact) mass is 321 g/mol. The van der Waals surface area contributed by atoms with Crippen LogP contribution in [-0.2, 0) is 0 Å². The lowest BCUT2D eigenvalue weighted by Crippen LogP contribution is -2.17.